The van der Waals surface area contributed by atoms with Crippen molar-refractivity contribution < 1.29 is 57.5 Å². The van der Waals surface area contributed by atoms with Crippen molar-refractivity contribution in [2.45, 2.75) is 261 Å². The first-order valence-corrected chi connectivity index (χ1v) is 36.5. The quantitative estimate of drug-likeness (QED) is 0.128. The number of amides is 12. The van der Waals surface area contributed by atoms with Crippen LogP contribution in [0.1, 0.15) is 204 Å². The molecule has 0 aromatic heterocycles. The van der Waals surface area contributed by atoms with Crippen molar-refractivity contribution in [3.63, 3.8) is 0 Å². The smallest absolute Gasteiger partial charge is 0.246 e. The molecule has 94 heavy (non-hydrogen) atoms. The van der Waals surface area contributed by atoms with E-state index in [-0.39, 0.29) is 55.9 Å². The summed E-state index contributed by atoms with van der Waals surface area (Å²) >= 11 is 2.42. The van der Waals surface area contributed by atoms with Crippen LogP contribution < -0.4 is 21.3 Å². The topological polar surface area (TPSA) is 279 Å². The molecular formula is C69H117IN12O12. The lowest BCUT2D eigenvalue weighted by atomic mass is 9.84. The number of carbonyl (C=O) groups excluding carboxylic acids is 12. The van der Waals surface area contributed by atoms with E-state index in [0.29, 0.717) is 62.0 Å². The van der Waals surface area contributed by atoms with E-state index in [2.05, 4.69) is 43.9 Å². The molecule has 24 nitrogen and oxygen atoms in total. The van der Waals surface area contributed by atoms with Crippen molar-refractivity contribution in [2.75, 3.05) is 75.0 Å². The second-order valence-electron chi connectivity index (χ2n) is 29.4. The van der Waals surface area contributed by atoms with Crippen LogP contribution in [0.2, 0.25) is 0 Å². The molecule has 0 aromatic carbocycles. The molecule has 2 unspecified atom stereocenters. The SMILES string of the molecule is CCCC[C@@H]1NC(=O)[C@H](CC2CCCC(I)C2)NC(=O)CN(C)C(=O)[C@H](CC2CCCCC2)N(C)C(=O)[C@@H]2CCN2C(=O)CN(C)C(=O)[C@H]([C@@H](C)CC)NC(=O)[C@H](CC(C)C)N(C)C(=O)C[C@@H](C(=O)N2CCCCC2)N(C)C(=O)[C@H](CC(C)C)NC(=O)C(C)(C)N(C)C1=O. The Morgan fingerprint density at radius 3 is 1.77 bits per heavy atom. The van der Waals surface area contributed by atoms with E-state index in [9.17, 15) is 52.7 Å². The predicted octanol–water partition coefficient (Wildman–Crippen LogP) is 5.26. The van der Waals surface area contributed by atoms with E-state index >= 15 is 4.79 Å². The number of nitrogens with one attached hydrogen (secondary N) is 4. The molecule has 5 aliphatic rings. The van der Waals surface area contributed by atoms with Gasteiger partial charge in [0.1, 0.15) is 53.9 Å². The van der Waals surface area contributed by atoms with Crippen LogP contribution in [0.5, 0.6) is 0 Å². The number of likely N-dealkylation sites (tertiary alicyclic amines) is 1. The van der Waals surface area contributed by atoms with E-state index in [4.69, 9.17) is 0 Å². The molecule has 4 N–H and O–H groups in total. The van der Waals surface area contributed by atoms with Gasteiger partial charge in [-0.2, -0.15) is 0 Å². The highest BCUT2D eigenvalue weighted by Crippen LogP contribution is 2.34. The largest absolute Gasteiger partial charge is 0.343 e. The first-order valence-electron chi connectivity index (χ1n) is 35.2. The number of fused-ring (bicyclic) bond motifs is 1. The van der Waals surface area contributed by atoms with Gasteiger partial charge in [0.2, 0.25) is 70.9 Å². The van der Waals surface area contributed by atoms with Gasteiger partial charge in [0.05, 0.1) is 19.5 Å². The van der Waals surface area contributed by atoms with Crippen LogP contribution in [0.3, 0.4) is 0 Å². The Morgan fingerprint density at radius 2 is 1.18 bits per heavy atom. The van der Waals surface area contributed by atoms with E-state index in [1.165, 1.54) is 83.4 Å². The van der Waals surface area contributed by atoms with Crippen molar-refractivity contribution in [2.24, 2.45) is 29.6 Å². The summed E-state index contributed by atoms with van der Waals surface area (Å²) < 4.78 is 0.354. The van der Waals surface area contributed by atoms with Crippen molar-refractivity contribution in [1.29, 1.82) is 0 Å². The number of unbranched alkanes of at least 4 members (excludes halogenated alkanes) is 1. The van der Waals surface area contributed by atoms with Gasteiger partial charge < -0.3 is 60.5 Å². The molecule has 0 bridgehead atoms. The Hall–Kier alpha value is -5.63. The lowest BCUT2D eigenvalue weighted by Crippen LogP contribution is -2.64. The molecule has 0 radical (unpaired) electrons. The maximum Gasteiger partial charge on any atom is 0.246 e. The van der Waals surface area contributed by atoms with Gasteiger partial charge in [-0.15, -0.1) is 0 Å². The van der Waals surface area contributed by atoms with Gasteiger partial charge in [-0.1, -0.05) is 135 Å². The van der Waals surface area contributed by atoms with Crippen LogP contribution in [0.4, 0.5) is 0 Å². The van der Waals surface area contributed by atoms with E-state index in [0.717, 1.165) is 64.2 Å². The zero-order valence-electron chi connectivity index (χ0n) is 59.5. The number of piperidine rings is 1. The Bertz CT molecular complexity index is 2650. The summed E-state index contributed by atoms with van der Waals surface area (Å²) in [5.41, 5.74) is -1.65. The maximum atomic E-state index is 15.2. The maximum absolute atomic E-state index is 15.2. The zero-order chi connectivity index (χ0) is 70.1. The van der Waals surface area contributed by atoms with Crippen LogP contribution >= 0.6 is 22.6 Å². The van der Waals surface area contributed by atoms with Crippen LogP contribution in [-0.4, -0.2) is 243 Å². The minimum absolute atomic E-state index is 0.0531. The third-order valence-corrected chi connectivity index (χ3v) is 21.9. The van der Waals surface area contributed by atoms with Gasteiger partial charge in [0.15, 0.2) is 0 Å². The summed E-state index contributed by atoms with van der Waals surface area (Å²) in [6, 6.07) is -9.14. The Labute approximate surface area is 574 Å². The number of rotatable bonds is 14. The van der Waals surface area contributed by atoms with Crippen molar-refractivity contribution in [3.05, 3.63) is 0 Å². The molecule has 532 valence electrons. The highest BCUT2D eigenvalue weighted by atomic mass is 127. The number of halogens is 1. The molecule has 3 heterocycles. The number of hydrogen-bond acceptors (Lipinski definition) is 12. The summed E-state index contributed by atoms with van der Waals surface area (Å²) in [5.74, 6) is -7.55. The van der Waals surface area contributed by atoms with E-state index in [1.54, 1.807) is 18.9 Å². The molecule has 0 aromatic rings. The van der Waals surface area contributed by atoms with Gasteiger partial charge in [-0.05, 0) is 114 Å². The van der Waals surface area contributed by atoms with Gasteiger partial charge in [0.25, 0.3) is 0 Å². The molecule has 3 aliphatic heterocycles. The fourth-order valence-electron chi connectivity index (χ4n) is 13.9. The summed E-state index contributed by atoms with van der Waals surface area (Å²) in [7, 11) is 8.84. The first-order chi connectivity index (χ1) is 44.2. The van der Waals surface area contributed by atoms with Crippen molar-refractivity contribution in [1.82, 2.24) is 60.5 Å². The molecule has 12 amide bonds. The molecule has 5 rings (SSSR count). The third kappa shape index (κ3) is 21.4. The fourth-order valence-corrected chi connectivity index (χ4v) is 15.1. The third-order valence-electron chi connectivity index (χ3n) is 20.7. The Kier molecular flexibility index (Phi) is 30.8. The fraction of sp³-hybridized carbons (Fsp3) is 0.826. The normalized spacial score (nSPS) is 29.0. The Morgan fingerprint density at radius 1 is 0.564 bits per heavy atom. The lowest BCUT2D eigenvalue weighted by Gasteiger charge is -2.44. The summed E-state index contributed by atoms with van der Waals surface area (Å²) in [6.45, 7) is 16.3. The van der Waals surface area contributed by atoms with Crippen LogP contribution in [-0.2, 0) is 57.5 Å². The molecule has 0 spiro atoms. The lowest BCUT2D eigenvalue weighted by molar-refractivity contribution is -0.158. The first kappa shape index (κ1) is 79.1. The molecule has 3 saturated heterocycles. The predicted molar refractivity (Wildman–Crippen MR) is 368 cm³/mol. The molecule has 5 fully saturated rings. The monoisotopic (exact) mass is 1430 g/mol. The van der Waals surface area contributed by atoms with Gasteiger partial charge in [-0.3, -0.25) is 57.5 Å². The summed E-state index contributed by atoms with van der Waals surface area (Å²) in [6.07, 6.45) is 13.0. The highest BCUT2D eigenvalue weighted by Gasteiger charge is 2.46. The number of likely N-dealkylation sites (N-methyl/N-ethyl adjacent to an activating group) is 6. The second kappa shape index (κ2) is 36.6. The molecule has 2 saturated carbocycles. The van der Waals surface area contributed by atoms with Gasteiger partial charge in [0, 0.05) is 65.8 Å². The summed E-state index contributed by atoms with van der Waals surface area (Å²) in [5, 5.41) is 11.8. The van der Waals surface area contributed by atoms with Crippen LogP contribution in [0, 0.1) is 29.6 Å². The van der Waals surface area contributed by atoms with Crippen LogP contribution in [0.25, 0.3) is 0 Å². The minimum atomic E-state index is -1.65. The van der Waals surface area contributed by atoms with E-state index < -0.39 is 150 Å². The second-order valence-corrected chi connectivity index (χ2v) is 31.1. The number of nitrogens with zero attached hydrogens (tertiary/aromatic N) is 8. The van der Waals surface area contributed by atoms with Crippen molar-refractivity contribution in [3.8, 4) is 0 Å². The number of hydrogen-bond donors (Lipinski definition) is 4. The molecular weight excluding hydrogens is 1320 g/mol. The van der Waals surface area contributed by atoms with Gasteiger partial charge >= 0.3 is 0 Å². The minimum Gasteiger partial charge on any atom is -0.343 e. The number of carbonyl (C=O) groups is 12. The standard InChI is InChI=1S/C69H117IN12O12/c1-16-18-30-49-63(89)80(15)69(8,9)68(94)73-51(35-43(3)4)62(88)78(13)55(66(92)81-32-23-20-24-33-81)40-57(84)77(12)53(36-44(5)6)61(87)74-59(45(7)17-2)67(93)76(11)42-58(85)82-34-31-52(82)65(91)79(14)54(39-46-26-21-19-22-27-46)64(90)75(10)41-56(83)71-50(60(86)72-49)38-47-28-25-29-48(70)37-47/h43-55,59H,16-42H2,1-15H3,(H,71,83)(H,72,86)(H,73,94)(H,74,87)/t45-,47?,48?,49-,50-,51-,52-,53-,54-,55-,59-/m0/s1. The highest BCUT2D eigenvalue weighted by molar-refractivity contribution is 14.1. The molecule has 2 aliphatic carbocycles. The average Bonchev–Trinajstić information content (AvgIpc) is 0.797. The van der Waals surface area contributed by atoms with E-state index in [1.807, 2.05) is 41.5 Å². The molecule has 11 atom stereocenters. The van der Waals surface area contributed by atoms with Crippen LogP contribution in [0.15, 0.2) is 0 Å². The zero-order valence-corrected chi connectivity index (χ0v) is 61.7. The summed E-state index contributed by atoms with van der Waals surface area (Å²) in [4.78, 5) is 188. The average molecular weight is 1430 g/mol. The number of alkyl halides is 1. The van der Waals surface area contributed by atoms with Gasteiger partial charge in [-0.25, -0.2) is 0 Å². The van der Waals surface area contributed by atoms with Crippen molar-refractivity contribution >= 4 is 93.5 Å². The Balaban J connectivity index is 1.60. The molecule has 25 heteroatoms.